The van der Waals surface area contributed by atoms with Gasteiger partial charge in [-0.15, -0.1) is 13.2 Å². The third kappa shape index (κ3) is 4.15. The van der Waals surface area contributed by atoms with Crippen LogP contribution in [0.4, 0.5) is 18.9 Å². The summed E-state index contributed by atoms with van der Waals surface area (Å²) in [6.45, 7) is 1.61. The van der Waals surface area contributed by atoms with E-state index >= 15 is 0 Å². The van der Waals surface area contributed by atoms with E-state index < -0.39 is 24.1 Å². The SMILES string of the molecule is CCC(Nc1ccccc1OC(F)(F)F)C(=O)O. The van der Waals surface area contributed by atoms with Gasteiger partial charge in [0.1, 0.15) is 6.04 Å². The van der Waals surface area contributed by atoms with Crippen molar-refractivity contribution in [2.24, 2.45) is 0 Å². The third-order valence-corrected chi connectivity index (χ3v) is 2.15. The zero-order chi connectivity index (χ0) is 13.8. The van der Waals surface area contributed by atoms with Gasteiger partial charge in [-0.3, -0.25) is 0 Å². The van der Waals surface area contributed by atoms with Crippen molar-refractivity contribution in [1.82, 2.24) is 0 Å². The zero-order valence-electron chi connectivity index (χ0n) is 9.49. The molecule has 0 spiro atoms. The van der Waals surface area contributed by atoms with Crippen molar-refractivity contribution in [1.29, 1.82) is 0 Å². The minimum absolute atomic E-state index is 0.0101. The van der Waals surface area contributed by atoms with Crippen molar-refractivity contribution in [3.8, 4) is 5.75 Å². The van der Waals surface area contributed by atoms with Crippen molar-refractivity contribution in [2.75, 3.05) is 5.32 Å². The number of hydrogen-bond acceptors (Lipinski definition) is 3. The predicted octanol–water partition coefficient (Wildman–Crippen LogP) is 2.86. The van der Waals surface area contributed by atoms with E-state index in [0.717, 1.165) is 6.07 Å². The molecule has 1 unspecified atom stereocenters. The fraction of sp³-hybridized carbons (Fsp3) is 0.364. The van der Waals surface area contributed by atoms with Gasteiger partial charge in [0, 0.05) is 0 Å². The average Bonchev–Trinajstić information content (AvgIpc) is 2.25. The Morgan fingerprint density at radius 1 is 1.44 bits per heavy atom. The Morgan fingerprint density at radius 2 is 2.06 bits per heavy atom. The molecular formula is C11H12F3NO3. The van der Waals surface area contributed by atoms with Gasteiger partial charge >= 0.3 is 12.3 Å². The van der Waals surface area contributed by atoms with Crippen molar-refractivity contribution < 1.29 is 27.8 Å². The van der Waals surface area contributed by atoms with Crippen LogP contribution in [0.1, 0.15) is 13.3 Å². The number of hydrogen-bond donors (Lipinski definition) is 2. The molecule has 0 fully saturated rings. The molecule has 7 heteroatoms. The van der Waals surface area contributed by atoms with Gasteiger partial charge in [-0.1, -0.05) is 19.1 Å². The fourth-order valence-electron chi connectivity index (χ4n) is 1.33. The molecule has 1 atom stereocenters. The van der Waals surface area contributed by atoms with Crippen LogP contribution >= 0.6 is 0 Å². The maximum Gasteiger partial charge on any atom is 0.573 e. The summed E-state index contributed by atoms with van der Waals surface area (Å²) in [6.07, 6.45) is -4.58. The Kier molecular flexibility index (Phi) is 4.41. The predicted molar refractivity (Wildman–Crippen MR) is 58.5 cm³/mol. The van der Waals surface area contributed by atoms with Gasteiger partial charge < -0.3 is 15.2 Å². The molecule has 18 heavy (non-hydrogen) atoms. The van der Waals surface area contributed by atoms with Crippen molar-refractivity contribution in [3.63, 3.8) is 0 Å². The third-order valence-electron chi connectivity index (χ3n) is 2.15. The highest BCUT2D eigenvalue weighted by atomic mass is 19.4. The highest BCUT2D eigenvalue weighted by Crippen LogP contribution is 2.30. The van der Waals surface area contributed by atoms with E-state index in [9.17, 15) is 18.0 Å². The molecule has 100 valence electrons. The molecule has 0 saturated heterocycles. The van der Waals surface area contributed by atoms with Crippen LogP contribution < -0.4 is 10.1 Å². The number of halogens is 3. The van der Waals surface area contributed by atoms with E-state index in [1.807, 2.05) is 0 Å². The number of alkyl halides is 3. The van der Waals surface area contributed by atoms with Gasteiger partial charge in [-0.05, 0) is 18.6 Å². The average molecular weight is 263 g/mol. The molecule has 1 aromatic rings. The number of benzene rings is 1. The second-order valence-electron chi connectivity index (χ2n) is 3.49. The fourth-order valence-corrected chi connectivity index (χ4v) is 1.33. The van der Waals surface area contributed by atoms with E-state index in [-0.39, 0.29) is 12.1 Å². The van der Waals surface area contributed by atoms with Gasteiger partial charge in [0.25, 0.3) is 0 Å². The summed E-state index contributed by atoms with van der Waals surface area (Å²) in [6, 6.07) is 4.33. The topological polar surface area (TPSA) is 58.6 Å². The van der Waals surface area contributed by atoms with Crippen LogP contribution in [0.15, 0.2) is 24.3 Å². The first-order valence-electron chi connectivity index (χ1n) is 5.17. The van der Waals surface area contributed by atoms with Crippen molar-refractivity contribution in [2.45, 2.75) is 25.7 Å². The second-order valence-corrected chi connectivity index (χ2v) is 3.49. The van der Waals surface area contributed by atoms with Crippen LogP contribution in [0.25, 0.3) is 0 Å². The maximum absolute atomic E-state index is 12.1. The lowest BCUT2D eigenvalue weighted by Gasteiger charge is -2.17. The molecule has 0 aliphatic rings. The Hall–Kier alpha value is -1.92. The summed E-state index contributed by atoms with van der Waals surface area (Å²) < 4.78 is 40.2. The van der Waals surface area contributed by atoms with Crippen molar-refractivity contribution >= 4 is 11.7 Å². The molecule has 0 bridgehead atoms. The first-order chi connectivity index (χ1) is 8.33. The Bertz CT molecular complexity index is 420. The van der Waals surface area contributed by atoms with Gasteiger partial charge in [0.2, 0.25) is 0 Å². The number of carboxylic acid groups (broad SMARTS) is 1. The Balaban J connectivity index is 2.91. The first kappa shape index (κ1) is 14.1. The summed E-state index contributed by atoms with van der Waals surface area (Å²) in [4.78, 5) is 10.8. The highest BCUT2D eigenvalue weighted by Gasteiger charge is 2.32. The molecule has 0 saturated carbocycles. The molecule has 2 N–H and O–H groups in total. The molecule has 0 aliphatic heterocycles. The van der Waals surface area contributed by atoms with Gasteiger partial charge in [-0.2, -0.15) is 0 Å². The molecular weight excluding hydrogens is 251 g/mol. The quantitative estimate of drug-likeness (QED) is 0.857. The van der Waals surface area contributed by atoms with Crippen LogP contribution in [0, 0.1) is 0 Å². The van der Waals surface area contributed by atoms with Gasteiger partial charge in [0.05, 0.1) is 5.69 Å². The van der Waals surface area contributed by atoms with Crippen LogP contribution in [0.2, 0.25) is 0 Å². The summed E-state index contributed by atoms with van der Waals surface area (Å²) in [5.41, 5.74) is -0.0101. The number of ether oxygens (including phenoxy) is 1. The lowest BCUT2D eigenvalue weighted by atomic mass is 10.2. The molecule has 1 aromatic carbocycles. The highest BCUT2D eigenvalue weighted by molar-refractivity contribution is 5.78. The Labute approximate surface area is 101 Å². The van der Waals surface area contributed by atoms with E-state index in [0.29, 0.717) is 0 Å². The van der Waals surface area contributed by atoms with Gasteiger partial charge in [-0.25, -0.2) is 4.79 Å². The molecule has 0 aliphatic carbocycles. The molecule has 1 rings (SSSR count). The summed E-state index contributed by atoms with van der Waals surface area (Å²) >= 11 is 0. The van der Waals surface area contributed by atoms with E-state index in [2.05, 4.69) is 10.1 Å². The standard InChI is InChI=1S/C11H12F3NO3/c1-2-7(10(16)17)15-8-5-3-4-6-9(8)18-11(12,13)14/h3-7,15H,2H2,1H3,(H,16,17). The monoisotopic (exact) mass is 263 g/mol. The van der Waals surface area contributed by atoms with E-state index in [1.165, 1.54) is 18.2 Å². The molecule has 0 radical (unpaired) electrons. The smallest absolute Gasteiger partial charge is 0.480 e. The number of aliphatic carboxylic acids is 1. The molecule has 4 nitrogen and oxygen atoms in total. The number of carboxylic acids is 1. The summed E-state index contributed by atoms with van der Waals surface area (Å²) in [7, 11) is 0. The second kappa shape index (κ2) is 5.61. The largest absolute Gasteiger partial charge is 0.573 e. The number of rotatable bonds is 5. The van der Waals surface area contributed by atoms with Crippen molar-refractivity contribution in [3.05, 3.63) is 24.3 Å². The minimum atomic E-state index is -4.82. The minimum Gasteiger partial charge on any atom is -0.480 e. The number of anilines is 1. The lowest BCUT2D eigenvalue weighted by Crippen LogP contribution is -2.29. The number of carbonyl (C=O) groups is 1. The normalized spacial score (nSPS) is 12.9. The maximum atomic E-state index is 12.1. The van der Waals surface area contributed by atoms with Crippen LogP contribution in [0.3, 0.4) is 0 Å². The van der Waals surface area contributed by atoms with E-state index in [4.69, 9.17) is 5.11 Å². The Morgan fingerprint density at radius 3 is 2.56 bits per heavy atom. The van der Waals surface area contributed by atoms with Gasteiger partial charge in [0.15, 0.2) is 5.75 Å². The number of para-hydroxylation sites is 2. The number of nitrogens with one attached hydrogen (secondary N) is 1. The lowest BCUT2D eigenvalue weighted by molar-refractivity contribution is -0.274. The first-order valence-corrected chi connectivity index (χ1v) is 5.17. The summed E-state index contributed by atoms with van der Waals surface area (Å²) in [5.74, 6) is -1.59. The molecule has 0 aromatic heterocycles. The summed E-state index contributed by atoms with van der Waals surface area (Å²) in [5, 5.41) is 11.3. The van der Waals surface area contributed by atoms with Crippen LogP contribution in [0.5, 0.6) is 5.75 Å². The van der Waals surface area contributed by atoms with Crippen LogP contribution in [-0.2, 0) is 4.79 Å². The zero-order valence-corrected chi connectivity index (χ0v) is 9.49. The molecule has 0 amide bonds. The van der Waals surface area contributed by atoms with Crippen LogP contribution in [-0.4, -0.2) is 23.5 Å². The molecule has 0 heterocycles. The van der Waals surface area contributed by atoms with E-state index in [1.54, 1.807) is 6.92 Å².